The zero-order chi connectivity index (χ0) is 13.4. The average Bonchev–Trinajstić information content (AvgIpc) is 3.22. The molecular weight excluding hydrogens is 234 g/mol. The van der Waals surface area contributed by atoms with Crippen molar-refractivity contribution in [2.24, 2.45) is 5.92 Å². The molecule has 1 aliphatic heterocycles. The van der Waals surface area contributed by atoms with Crippen molar-refractivity contribution in [2.75, 3.05) is 18.0 Å². The van der Waals surface area contributed by atoms with E-state index in [2.05, 4.69) is 48.1 Å². The second kappa shape index (κ2) is 5.12. The molecule has 104 valence electrons. The molecule has 3 heteroatoms. The van der Waals surface area contributed by atoms with Crippen molar-refractivity contribution in [3.05, 3.63) is 23.5 Å². The van der Waals surface area contributed by atoms with Gasteiger partial charge >= 0.3 is 0 Å². The number of nitrogens with zero attached hydrogens (tertiary/aromatic N) is 2. The van der Waals surface area contributed by atoms with Gasteiger partial charge in [-0.25, -0.2) is 0 Å². The van der Waals surface area contributed by atoms with Gasteiger partial charge in [-0.15, -0.1) is 0 Å². The Labute approximate surface area is 116 Å². The maximum Gasteiger partial charge on any atom is 0.0609 e. The van der Waals surface area contributed by atoms with E-state index in [0.29, 0.717) is 12.1 Å². The van der Waals surface area contributed by atoms with Crippen LogP contribution in [0.2, 0.25) is 0 Å². The summed E-state index contributed by atoms with van der Waals surface area (Å²) in [7, 11) is 0. The summed E-state index contributed by atoms with van der Waals surface area (Å²) < 4.78 is 0. The quantitative estimate of drug-likeness (QED) is 0.904. The van der Waals surface area contributed by atoms with Crippen molar-refractivity contribution in [3.8, 4) is 0 Å². The van der Waals surface area contributed by atoms with Gasteiger partial charge in [-0.3, -0.25) is 4.98 Å². The Hall–Kier alpha value is -1.09. The third-order valence-corrected chi connectivity index (χ3v) is 4.62. The molecule has 2 fully saturated rings. The molecule has 0 radical (unpaired) electrons. The third-order valence-electron chi connectivity index (χ3n) is 4.62. The topological polar surface area (TPSA) is 28.2 Å². The van der Waals surface area contributed by atoms with Gasteiger partial charge in [0.2, 0.25) is 0 Å². The number of pyridine rings is 1. The lowest BCUT2D eigenvalue weighted by molar-refractivity contribution is 0.359. The van der Waals surface area contributed by atoms with Crippen LogP contribution in [0.15, 0.2) is 12.1 Å². The Bertz CT molecular complexity index is 453. The summed E-state index contributed by atoms with van der Waals surface area (Å²) >= 11 is 0. The molecule has 3 nitrogen and oxygen atoms in total. The largest absolute Gasteiger partial charge is 0.364 e. The SMILES string of the molecule is CCC1CNC(C2CC2)CN1c1ccc(C)nc1C. The summed E-state index contributed by atoms with van der Waals surface area (Å²) in [6, 6.07) is 5.69. The average molecular weight is 259 g/mol. The highest BCUT2D eigenvalue weighted by atomic mass is 15.2. The summed E-state index contributed by atoms with van der Waals surface area (Å²) in [6.45, 7) is 8.76. The van der Waals surface area contributed by atoms with Gasteiger partial charge in [-0.2, -0.15) is 0 Å². The Kier molecular flexibility index (Phi) is 3.48. The number of piperazine rings is 1. The fourth-order valence-electron chi connectivity index (χ4n) is 3.28. The van der Waals surface area contributed by atoms with Crippen molar-refractivity contribution in [2.45, 2.75) is 52.1 Å². The molecule has 0 amide bonds. The van der Waals surface area contributed by atoms with E-state index in [9.17, 15) is 0 Å². The summed E-state index contributed by atoms with van der Waals surface area (Å²) in [5.41, 5.74) is 3.63. The predicted octanol–water partition coefficient (Wildman–Crippen LogP) is 2.67. The van der Waals surface area contributed by atoms with Gasteiger partial charge in [0.05, 0.1) is 11.4 Å². The van der Waals surface area contributed by atoms with Crippen LogP contribution >= 0.6 is 0 Å². The van der Waals surface area contributed by atoms with Crippen molar-refractivity contribution in [1.29, 1.82) is 0 Å². The van der Waals surface area contributed by atoms with Crippen molar-refractivity contribution in [1.82, 2.24) is 10.3 Å². The first-order chi connectivity index (χ1) is 9.19. The molecule has 1 saturated heterocycles. The smallest absolute Gasteiger partial charge is 0.0609 e. The van der Waals surface area contributed by atoms with Gasteiger partial charge in [0.15, 0.2) is 0 Å². The lowest BCUT2D eigenvalue weighted by Gasteiger charge is -2.42. The zero-order valence-corrected chi connectivity index (χ0v) is 12.3. The van der Waals surface area contributed by atoms with Crippen LogP contribution in [0.5, 0.6) is 0 Å². The molecular formula is C16H25N3. The van der Waals surface area contributed by atoms with E-state index in [1.807, 2.05) is 0 Å². The summed E-state index contributed by atoms with van der Waals surface area (Å²) in [6.07, 6.45) is 4.01. The molecule has 2 aliphatic rings. The summed E-state index contributed by atoms with van der Waals surface area (Å²) in [4.78, 5) is 7.24. The van der Waals surface area contributed by atoms with Crippen LogP contribution in [0.4, 0.5) is 5.69 Å². The van der Waals surface area contributed by atoms with Gasteiger partial charge in [0.1, 0.15) is 0 Å². The Morgan fingerprint density at radius 1 is 1.32 bits per heavy atom. The lowest BCUT2D eigenvalue weighted by atomic mass is 10.0. The van der Waals surface area contributed by atoms with E-state index in [4.69, 9.17) is 0 Å². The third kappa shape index (κ3) is 2.62. The van der Waals surface area contributed by atoms with Crippen molar-refractivity contribution in [3.63, 3.8) is 0 Å². The molecule has 1 aromatic heterocycles. The van der Waals surface area contributed by atoms with Crippen molar-refractivity contribution >= 4 is 5.69 Å². The highest BCUT2D eigenvalue weighted by Gasteiger charge is 2.37. The van der Waals surface area contributed by atoms with Gasteiger partial charge in [0, 0.05) is 30.9 Å². The molecule has 0 spiro atoms. The van der Waals surface area contributed by atoms with Gasteiger partial charge in [0.25, 0.3) is 0 Å². The number of nitrogens with one attached hydrogen (secondary N) is 1. The second-order valence-corrected chi connectivity index (χ2v) is 6.12. The minimum absolute atomic E-state index is 0.609. The van der Waals surface area contributed by atoms with Crippen LogP contribution in [0, 0.1) is 19.8 Å². The van der Waals surface area contributed by atoms with E-state index in [1.165, 1.54) is 30.6 Å². The molecule has 2 heterocycles. The molecule has 1 aliphatic carbocycles. The Morgan fingerprint density at radius 2 is 2.11 bits per heavy atom. The molecule has 1 saturated carbocycles. The van der Waals surface area contributed by atoms with Crippen LogP contribution in [0.1, 0.15) is 37.6 Å². The minimum Gasteiger partial charge on any atom is -0.364 e. The molecule has 2 unspecified atom stereocenters. The van der Waals surface area contributed by atoms with Gasteiger partial charge < -0.3 is 10.2 Å². The fraction of sp³-hybridized carbons (Fsp3) is 0.688. The van der Waals surface area contributed by atoms with E-state index in [0.717, 1.165) is 24.7 Å². The van der Waals surface area contributed by atoms with Gasteiger partial charge in [-0.1, -0.05) is 6.92 Å². The second-order valence-electron chi connectivity index (χ2n) is 6.12. The normalized spacial score (nSPS) is 27.6. The maximum absolute atomic E-state index is 4.64. The first-order valence-corrected chi connectivity index (χ1v) is 7.63. The molecule has 3 rings (SSSR count). The maximum atomic E-state index is 4.64. The first kappa shape index (κ1) is 12.9. The zero-order valence-electron chi connectivity index (χ0n) is 12.3. The van der Waals surface area contributed by atoms with E-state index < -0.39 is 0 Å². The molecule has 19 heavy (non-hydrogen) atoms. The van der Waals surface area contributed by atoms with Crippen LogP contribution in [-0.2, 0) is 0 Å². The monoisotopic (exact) mass is 259 g/mol. The molecule has 1 aromatic rings. The van der Waals surface area contributed by atoms with Crippen LogP contribution in [0.3, 0.4) is 0 Å². The lowest BCUT2D eigenvalue weighted by Crippen LogP contribution is -2.57. The molecule has 2 atom stereocenters. The summed E-state index contributed by atoms with van der Waals surface area (Å²) in [5.74, 6) is 0.916. The Balaban J connectivity index is 1.85. The highest BCUT2D eigenvalue weighted by molar-refractivity contribution is 5.52. The Morgan fingerprint density at radius 3 is 2.74 bits per heavy atom. The molecule has 1 N–H and O–H groups in total. The van der Waals surface area contributed by atoms with Gasteiger partial charge in [-0.05, 0) is 51.2 Å². The number of hydrogen-bond donors (Lipinski definition) is 1. The molecule has 0 bridgehead atoms. The standard InChI is InChI=1S/C16H25N3/c1-4-14-9-17-15(13-6-7-13)10-19(14)16-8-5-11(2)18-12(16)3/h5,8,13-15,17H,4,6-7,9-10H2,1-3H3. The van der Waals surface area contributed by atoms with E-state index in [1.54, 1.807) is 0 Å². The predicted molar refractivity (Wildman–Crippen MR) is 79.7 cm³/mol. The van der Waals surface area contributed by atoms with Crippen LogP contribution < -0.4 is 10.2 Å². The van der Waals surface area contributed by atoms with Crippen molar-refractivity contribution < 1.29 is 0 Å². The number of aryl methyl sites for hydroxylation is 2. The number of aromatic nitrogens is 1. The highest BCUT2D eigenvalue weighted by Crippen LogP contribution is 2.36. The minimum atomic E-state index is 0.609. The van der Waals surface area contributed by atoms with Crippen LogP contribution in [0.25, 0.3) is 0 Å². The van der Waals surface area contributed by atoms with Crippen LogP contribution in [-0.4, -0.2) is 30.2 Å². The summed E-state index contributed by atoms with van der Waals surface area (Å²) in [5, 5.41) is 3.75. The fourth-order valence-corrected chi connectivity index (χ4v) is 3.28. The van der Waals surface area contributed by atoms with E-state index in [-0.39, 0.29) is 0 Å². The molecule has 0 aromatic carbocycles. The number of hydrogen-bond acceptors (Lipinski definition) is 3. The first-order valence-electron chi connectivity index (χ1n) is 7.63. The number of anilines is 1. The van der Waals surface area contributed by atoms with E-state index >= 15 is 0 Å². The number of rotatable bonds is 3.